The molecule has 120 valence electrons. The van der Waals surface area contributed by atoms with Crippen LogP contribution in [-0.2, 0) is 10.2 Å². The minimum atomic E-state index is -4.86. The lowest BCUT2D eigenvalue weighted by atomic mass is 9.85. The van der Waals surface area contributed by atoms with E-state index in [9.17, 15) is 23.1 Å². The van der Waals surface area contributed by atoms with Crippen molar-refractivity contribution in [3.63, 3.8) is 0 Å². The molecule has 1 unspecified atom stereocenters. The van der Waals surface area contributed by atoms with Crippen LogP contribution in [0.2, 0.25) is 5.02 Å². The molecular weight excluding hydrogens is 321 g/mol. The fraction of sp³-hybridized carbons (Fsp3) is 0.400. The summed E-state index contributed by atoms with van der Waals surface area (Å²) in [7, 11) is 0. The van der Waals surface area contributed by atoms with Crippen molar-refractivity contribution in [2.75, 3.05) is 0 Å². The zero-order valence-electron chi connectivity index (χ0n) is 12.0. The average molecular weight is 334 g/mol. The summed E-state index contributed by atoms with van der Waals surface area (Å²) in [5.41, 5.74) is -0.585. The maximum atomic E-state index is 13.0. The summed E-state index contributed by atoms with van der Waals surface area (Å²) in [5.74, 6) is -1.98. The van der Waals surface area contributed by atoms with Crippen molar-refractivity contribution in [2.45, 2.75) is 38.5 Å². The molecule has 1 aromatic rings. The minimum absolute atomic E-state index is 0.0540. The lowest BCUT2D eigenvalue weighted by Crippen LogP contribution is -2.44. The van der Waals surface area contributed by atoms with Crippen molar-refractivity contribution in [1.82, 2.24) is 0 Å². The zero-order valence-corrected chi connectivity index (χ0v) is 12.8. The first-order valence-corrected chi connectivity index (χ1v) is 6.79. The summed E-state index contributed by atoms with van der Waals surface area (Å²) >= 11 is 6.13. The van der Waals surface area contributed by atoms with Gasteiger partial charge in [-0.25, -0.2) is 0 Å². The number of aliphatic carboxylic acids is 1. The Balaban J connectivity index is 2.61. The Kier molecular flexibility index (Phi) is 3.94. The maximum absolute atomic E-state index is 13.0. The predicted molar refractivity (Wildman–Crippen MR) is 73.6 cm³/mol. The fourth-order valence-electron chi connectivity index (χ4n) is 2.20. The van der Waals surface area contributed by atoms with Crippen LogP contribution in [0.15, 0.2) is 17.7 Å². The highest BCUT2D eigenvalue weighted by Gasteiger charge is 2.46. The van der Waals surface area contributed by atoms with E-state index in [0.717, 1.165) is 6.08 Å². The Hall–Kier alpha value is -1.69. The maximum Gasteiger partial charge on any atom is 0.429 e. The molecule has 1 aromatic carbocycles. The summed E-state index contributed by atoms with van der Waals surface area (Å²) in [4.78, 5) is 10.9. The number of rotatable bonds is 1. The van der Waals surface area contributed by atoms with Crippen LogP contribution in [-0.4, -0.2) is 18.2 Å². The van der Waals surface area contributed by atoms with Gasteiger partial charge in [0.15, 0.2) is 0 Å². The van der Waals surface area contributed by atoms with Crippen LogP contribution in [0.4, 0.5) is 13.2 Å². The summed E-state index contributed by atoms with van der Waals surface area (Å²) in [6.07, 6.45) is -6.52. The number of halogens is 4. The molecule has 0 radical (unpaired) electrons. The number of fused-ring (bicyclic) bond motifs is 1. The van der Waals surface area contributed by atoms with Crippen LogP contribution in [0.5, 0.6) is 5.75 Å². The lowest BCUT2D eigenvalue weighted by Gasteiger charge is -2.31. The summed E-state index contributed by atoms with van der Waals surface area (Å²) in [5, 5.41) is 11.3. The summed E-state index contributed by atoms with van der Waals surface area (Å²) in [6, 6.07) is 2.81. The minimum Gasteiger partial charge on any atom is -0.545 e. The van der Waals surface area contributed by atoms with Crippen molar-refractivity contribution in [3.05, 3.63) is 33.9 Å². The summed E-state index contributed by atoms with van der Waals surface area (Å²) in [6.45, 7) is 5.56. The number of carboxylic acids is 1. The molecule has 1 aliphatic rings. The van der Waals surface area contributed by atoms with Gasteiger partial charge in [0, 0.05) is 16.2 Å². The van der Waals surface area contributed by atoms with Gasteiger partial charge in [-0.05, 0) is 29.2 Å². The smallest absolute Gasteiger partial charge is 0.429 e. The van der Waals surface area contributed by atoms with Gasteiger partial charge in [-0.15, -0.1) is 0 Å². The van der Waals surface area contributed by atoms with Crippen LogP contribution in [0, 0.1) is 0 Å². The Morgan fingerprint density at radius 3 is 2.32 bits per heavy atom. The van der Waals surface area contributed by atoms with Crippen LogP contribution in [0.1, 0.15) is 31.9 Å². The number of carboxylic acid groups (broad SMARTS) is 1. The second-order valence-corrected chi connectivity index (χ2v) is 6.45. The van der Waals surface area contributed by atoms with Crippen molar-refractivity contribution in [3.8, 4) is 5.75 Å². The van der Waals surface area contributed by atoms with Gasteiger partial charge in [-0.1, -0.05) is 32.4 Å². The molecule has 0 spiro atoms. The third-order valence-electron chi connectivity index (χ3n) is 3.28. The molecule has 1 heterocycles. The zero-order chi connectivity index (χ0) is 16.9. The van der Waals surface area contributed by atoms with Gasteiger partial charge in [0.25, 0.3) is 0 Å². The molecule has 1 aliphatic heterocycles. The highest BCUT2D eigenvalue weighted by atomic mass is 35.5. The topological polar surface area (TPSA) is 49.4 Å². The van der Waals surface area contributed by atoms with E-state index >= 15 is 0 Å². The van der Waals surface area contributed by atoms with Gasteiger partial charge >= 0.3 is 6.18 Å². The highest BCUT2D eigenvalue weighted by molar-refractivity contribution is 6.31. The van der Waals surface area contributed by atoms with Gasteiger partial charge in [0.1, 0.15) is 5.75 Å². The van der Waals surface area contributed by atoms with E-state index in [4.69, 9.17) is 16.3 Å². The van der Waals surface area contributed by atoms with E-state index in [2.05, 4.69) is 0 Å². The molecule has 0 saturated carbocycles. The molecule has 3 nitrogen and oxygen atoms in total. The van der Waals surface area contributed by atoms with E-state index in [0.29, 0.717) is 10.6 Å². The van der Waals surface area contributed by atoms with Crippen molar-refractivity contribution in [1.29, 1.82) is 0 Å². The first-order chi connectivity index (χ1) is 9.91. The van der Waals surface area contributed by atoms with E-state index in [1.54, 1.807) is 0 Å². The van der Waals surface area contributed by atoms with Crippen molar-refractivity contribution >= 4 is 23.6 Å². The van der Waals surface area contributed by atoms with Crippen molar-refractivity contribution < 1.29 is 27.8 Å². The monoisotopic (exact) mass is 333 g/mol. The normalized spacial score (nSPS) is 18.3. The number of hydrogen-bond donors (Lipinski definition) is 0. The lowest BCUT2D eigenvalue weighted by molar-refractivity contribution is -0.302. The Bertz CT molecular complexity index is 657. The van der Waals surface area contributed by atoms with Gasteiger partial charge in [-0.3, -0.25) is 0 Å². The van der Waals surface area contributed by atoms with Crippen LogP contribution >= 0.6 is 11.6 Å². The standard InChI is InChI=1S/C15H14ClF3O3/c1-14(2,3)9-6-11-7(5-10(9)16)4-8(13(20)21)12(22-11)15(17,18)19/h4-6,12H,1-3H3,(H,20,21)/p-1. The van der Waals surface area contributed by atoms with E-state index in [-0.39, 0.29) is 11.3 Å². The Morgan fingerprint density at radius 1 is 1.27 bits per heavy atom. The van der Waals surface area contributed by atoms with Gasteiger partial charge in [-0.2, -0.15) is 13.2 Å². The van der Waals surface area contributed by atoms with Gasteiger partial charge in [0.2, 0.25) is 6.10 Å². The first kappa shape index (κ1) is 16.7. The number of alkyl halides is 3. The SMILES string of the molecule is CC(C)(C)c1cc2c(cc1Cl)C=C(C(=O)[O-])C(C(F)(F)F)O2. The number of hydrogen-bond acceptors (Lipinski definition) is 3. The quantitative estimate of drug-likeness (QED) is 0.793. The molecule has 0 bridgehead atoms. The molecule has 0 fully saturated rings. The molecule has 0 N–H and O–H groups in total. The van der Waals surface area contributed by atoms with E-state index < -0.39 is 29.2 Å². The average Bonchev–Trinajstić information content (AvgIpc) is 2.33. The van der Waals surface area contributed by atoms with E-state index in [1.807, 2.05) is 20.8 Å². The molecule has 1 atom stereocenters. The number of ether oxygens (including phenoxy) is 1. The Morgan fingerprint density at radius 2 is 1.86 bits per heavy atom. The van der Waals surface area contributed by atoms with Crippen LogP contribution in [0.25, 0.3) is 6.08 Å². The predicted octanol–water partition coefficient (Wildman–Crippen LogP) is 3.09. The van der Waals surface area contributed by atoms with Crippen molar-refractivity contribution in [2.24, 2.45) is 0 Å². The number of benzene rings is 1. The summed E-state index contributed by atoms with van der Waals surface area (Å²) < 4.78 is 43.8. The second-order valence-electron chi connectivity index (χ2n) is 6.05. The molecule has 0 saturated heterocycles. The number of carbonyl (C=O) groups is 1. The van der Waals surface area contributed by atoms with E-state index in [1.165, 1.54) is 12.1 Å². The molecule has 7 heteroatoms. The molecule has 0 amide bonds. The highest BCUT2D eigenvalue weighted by Crippen LogP contribution is 2.41. The van der Waals surface area contributed by atoms with Crippen LogP contribution in [0.3, 0.4) is 0 Å². The third kappa shape index (κ3) is 3.06. The van der Waals surface area contributed by atoms with Gasteiger partial charge < -0.3 is 14.6 Å². The molecule has 2 rings (SSSR count). The van der Waals surface area contributed by atoms with Crippen LogP contribution < -0.4 is 9.84 Å². The largest absolute Gasteiger partial charge is 0.545 e. The molecule has 22 heavy (non-hydrogen) atoms. The third-order valence-corrected chi connectivity index (χ3v) is 3.59. The first-order valence-electron chi connectivity index (χ1n) is 6.41. The second kappa shape index (κ2) is 5.19. The molecule has 0 aliphatic carbocycles. The molecule has 0 aromatic heterocycles. The molecular formula is C15H13ClF3O3-. The number of carbonyl (C=O) groups excluding carboxylic acids is 1. The van der Waals surface area contributed by atoms with Gasteiger partial charge in [0.05, 0.1) is 5.97 Å². The fourth-order valence-corrected chi connectivity index (χ4v) is 2.66. The Labute approximate surface area is 130 Å².